The van der Waals surface area contributed by atoms with Gasteiger partial charge in [0, 0.05) is 35.9 Å². The van der Waals surface area contributed by atoms with Crippen LogP contribution in [0.1, 0.15) is 54.7 Å². The third kappa shape index (κ3) is 5.02. The lowest BCUT2D eigenvalue weighted by molar-refractivity contribution is -0.126. The van der Waals surface area contributed by atoms with Gasteiger partial charge in [-0.25, -0.2) is 4.79 Å². The Hall–Kier alpha value is -3.74. The second-order valence-corrected chi connectivity index (χ2v) is 10.7. The number of alkyl halides is 2. The second kappa shape index (κ2) is 10.8. The largest absolute Gasteiger partial charge is 0.448 e. The average Bonchev–Trinajstić information content (AvgIpc) is 3.25. The molecule has 0 N–H and O–H groups in total. The van der Waals surface area contributed by atoms with E-state index in [2.05, 4.69) is 29.0 Å². The number of fused-ring (bicyclic) bond motifs is 5. The zero-order chi connectivity index (χ0) is 26.9. The highest BCUT2D eigenvalue weighted by atomic mass is 19.3. The van der Waals surface area contributed by atoms with Crippen LogP contribution in [0, 0.1) is 5.92 Å². The van der Waals surface area contributed by atoms with Crippen LogP contribution in [0.4, 0.5) is 13.6 Å². The number of ketones is 1. The average molecular weight is 532 g/mol. The van der Waals surface area contributed by atoms with Gasteiger partial charge in [-0.15, -0.1) is 0 Å². The van der Waals surface area contributed by atoms with E-state index in [0.717, 1.165) is 19.3 Å². The van der Waals surface area contributed by atoms with Gasteiger partial charge in [-0.1, -0.05) is 66.7 Å². The van der Waals surface area contributed by atoms with E-state index in [0.29, 0.717) is 18.4 Å². The Morgan fingerprint density at radius 1 is 0.846 bits per heavy atom. The Balaban J connectivity index is 1.12. The minimum Gasteiger partial charge on any atom is -0.448 e. The van der Waals surface area contributed by atoms with Crippen molar-refractivity contribution in [1.82, 2.24) is 4.90 Å². The van der Waals surface area contributed by atoms with Gasteiger partial charge < -0.3 is 14.4 Å². The number of nitrogens with zero attached hydrogens (tertiary/aromatic N) is 1. The van der Waals surface area contributed by atoms with Crippen molar-refractivity contribution in [2.24, 2.45) is 5.92 Å². The Bertz CT molecular complexity index is 1320. The number of rotatable bonds is 7. The molecular formula is C32H31F2NO4. The summed E-state index contributed by atoms with van der Waals surface area (Å²) in [5.74, 6) is -0.185. The van der Waals surface area contributed by atoms with Crippen LogP contribution in [-0.2, 0) is 16.0 Å². The number of piperidine rings is 2. The van der Waals surface area contributed by atoms with Crippen molar-refractivity contribution in [2.75, 3.05) is 6.61 Å². The molecule has 0 radical (unpaired) electrons. The molecule has 7 heteroatoms. The first-order valence-corrected chi connectivity index (χ1v) is 13.7. The quantitative estimate of drug-likeness (QED) is 0.330. The van der Waals surface area contributed by atoms with Gasteiger partial charge in [-0.3, -0.25) is 4.79 Å². The van der Waals surface area contributed by atoms with Crippen LogP contribution in [0.3, 0.4) is 0 Å². The first kappa shape index (κ1) is 25.5. The monoisotopic (exact) mass is 531 g/mol. The Morgan fingerprint density at radius 3 is 2.08 bits per heavy atom. The van der Waals surface area contributed by atoms with Crippen molar-refractivity contribution in [1.29, 1.82) is 0 Å². The van der Waals surface area contributed by atoms with Crippen molar-refractivity contribution in [3.63, 3.8) is 0 Å². The fourth-order valence-electron chi connectivity index (χ4n) is 6.80. The summed E-state index contributed by atoms with van der Waals surface area (Å²) in [6.07, 6.45) is 3.53. The van der Waals surface area contributed by atoms with Crippen LogP contribution >= 0.6 is 0 Å². The zero-order valence-electron chi connectivity index (χ0n) is 21.6. The SMILES string of the molecule is O=C(Cc1ccccc1OC(F)F)C1CC2CCCC(C1)N2C(=O)OCC1c2ccccc2-c2ccccc21. The lowest BCUT2D eigenvalue weighted by Crippen LogP contribution is -2.56. The third-order valence-corrected chi connectivity index (χ3v) is 8.53. The topological polar surface area (TPSA) is 55.8 Å². The molecule has 1 amide bonds. The second-order valence-electron chi connectivity index (χ2n) is 10.7. The molecule has 2 unspecified atom stereocenters. The first-order valence-electron chi connectivity index (χ1n) is 13.7. The molecule has 6 rings (SSSR count). The molecule has 2 saturated heterocycles. The summed E-state index contributed by atoms with van der Waals surface area (Å²) >= 11 is 0. The van der Waals surface area contributed by atoms with Gasteiger partial charge >= 0.3 is 12.7 Å². The summed E-state index contributed by atoms with van der Waals surface area (Å²) in [6, 6.07) is 22.8. The van der Waals surface area contributed by atoms with Gasteiger partial charge in [0.2, 0.25) is 0 Å². The Morgan fingerprint density at radius 2 is 1.44 bits per heavy atom. The standard InChI is InChI=1S/C32H31F2NO4/c33-31(34)39-30-15-6-1-8-20(30)18-29(36)21-16-22-9-7-10-23(17-21)35(22)32(37)38-19-28-26-13-4-2-11-24(26)25-12-3-5-14-27(25)28/h1-6,8,11-15,21-23,28,31H,7,9-10,16-19H2. The summed E-state index contributed by atoms with van der Waals surface area (Å²) in [5.41, 5.74) is 5.18. The number of amides is 1. The normalized spacial score (nSPS) is 21.8. The molecule has 2 fully saturated rings. The molecule has 3 aliphatic rings. The minimum atomic E-state index is -2.94. The molecule has 2 heterocycles. The fourth-order valence-corrected chi connectivity index (χ4v) is 6.80. The van der Waals surface area contributed by atoms with Crippen LogP contribution < -0.4 is 4.74 Å². The summed E-state index contributed by atoms with van der Waals surface area (Å²) < 4.78 is 36.2. The fraction of sp³-hybridized carbons (Fsp3) is 0.375. The van der Waals surface area contributed by atoms with Gasteiger partial charge in [0.05, 0.1) is 0 Å². The van der Waals surface area contributed by atoms with Gasteiger partial charge in [0.25, 0.3) is 0 Å². The highest BCUT2D eigenvalue weighted by Gasteiger charge is 2.44. The number of ether oxygens (including phenoxy) is 2. The molecule has 39 heavy (non-hydrogen) atoms. The van der Waals surface area contributed by atoms with Crippen LogP contribution in [0.5, 0.6) is 5.75 Å². The predicted molar refractivity (Wildman–Crippen MR) is 143 cm³/mol. The van der Waals surface area contributed by atoms with E-state index < -0.39 is 6.61 Å². The van der Waals surface area contributed by atoms with Crippen molar-refractivity contribution in [2.45, 2.75) is 63.1 Å². The van der Waals surface area contributed by atoms with Crippen LogP contribution in [0.25, 0.3) is 11.1 Å². The highest BCUT2D eigenvalue weighted by Crippen LogP contribution is 2.45. The van der Waals surface area contributed by atoms with E-state index in [4.69, 9.17) is 4.74 Å². The molecule has 202 valence electrons. The third-order valence-electron chi connectivity index (χ3n) is 8.53. The number of Topliss-reactive ketones (excluding diaryl/α,β-unsaturated/α-hetero) is 1. The number of hydrogen-bond donors (Lipinski definition) is 0. The summed E-state index contributed by atoms with van der Waals surface area (Å²) in [6.45, 7) is -2.67. The number of hydrogen-bond acceptors (Lipinski definition) is 4. The maximum absolute atomic E-state index is 13.4. The summed E-state index contributed by atoms with van der Waals surface area (Å²) in [5, 5.41) is 0. The van der Waals surface area contributed by atoms with Crippen LogP contribution in [-0.4, -0.2) is 42.1 Å². The number of carbonyl (C=O) groups excluding carboxylic acids is 2. The van der Waals surface area contributed by atoms with E-state index in [-0.39, 0.29) is 54.6 Å². The van der Waals surface area contributed by atoms with E-state index >= 15 is 0 Å². The Kier molecular flexibility index (Phi) is 7.07. The Labute approximate surface area is 226 Å². The summed E-state index contributed by atoms with van der Waals surface area (Å²) in [7, 11) is 0. The molecule has 3 aromatic carbocycles. The number of benzene rings is 3. The molecule has 2 atom stereocenters. The van der Waals surface area contributed by atoms with E-state index in [1.807, 2.05) is 29.2 Å². The lowest BCUT2D eigenvalue weighted by atomic mass is 9.76. The van der Waals surface area contributed by atoms with Gasteiger partial charge in [-0.2, -0.15) is 8.78 Å². The molecule has 0 aromatic heterocycles. The van der Waals surface area contributed by atoms with Crippen molar-refractivity contribution >= 4 is 11.9 Å². The van der Waals surface area contributed by atoms with E-state index in [9.17, 15) is 18.4 Å². The maximum Gasteiger partial charge on any atom is 0.410 e. The summed E-state index contributed by atoms with van der Waals surface area (Å²) in [4.78, 5) is 28.6. The minimum absolute atomic E-state index is 0.00386. The van der Waals surface area contributed by atoms with E-state index in [1.54, 1.807) is 18.2 Å². The molecule has 5 nitrogen and oxygen atoms in total. The molecule has 2 aliphatic heterocycles. The lowest BCUT2D eigenvalue weighted by Gasteiger charge is -2.47. The molecular weight excluding hydrogens is 500 g/mol. The van der Waals surface area contributed by atoms with Crippen molar-refractivity contribution in [3.05, 3.63) is 89.5 Å². The predicted octanol–water partition coefficient (Wildman–Crippen LogP) is 6.98. The molecule has 2 bridgehead atoms. The van der Waals surface area contributed by atoms with Crippen LogP contribution in [0.15, 0.2) is 72.8 Å². The molecule has 3 aromatic rings. The maximum atomic E-state index is 13.4. The van der Waals surface area contributed by atoms with Gasteiger partial charge in [0.15, 0.2) is 0 Å². The number of halogens is 2. The van der Waals surface area contributed by atoms with Gasteiger partial charge in [0.1, 0.15) is 18.1 Å². The number of para-hydroxylation sites is 1. The molecule has 0 spiro atoms. The van der Waals surface area contributed by atoms with Gasteiger partial charge in [-0.05, 0) is 60.4 Å². The molecule has 1 aliphatic carbocycles. The molecule has 0 saturated carbocycles. The van der Waals surface area contributed by atoms with Crippen molar-refractivity contribution in [3.8, 4) is 16.9 Å². The highest BCUT2D eigenvalue weighted by molar-refractivity contribution is 5.84. The van der Waals surface area contributed by atoms with Crippen LogP contribution in [0.2, 0.25) is 0 Å². The first-order chi connectivity index (χ1) is 19.0. The number of carbonyl (C=O) groups is 2. The van der Waals surface area contributed by atoms with Crippen molar-refractivity contribution < 1.29 is 27.8 Å². The van der Waals surface area contributed by atoms with E-state index in [1.165, 1.54) is 28.3 Å². The smallest absolute Gasteiger partial charge is 0.410 e. The zero-order valence-corrected chi connectivity index (χ0v) is 21.6.